The Labute approximate surface area is 615 Å². The van der Waals surface area contributed by atoms with E-state index in [-0.39, 0.29) is 64.5 Å². The molecule has 0 amide bonds. The second kappa shape index (κ2) is 36.6. The molecule has 0 bridgehead atoms. The van der Waals surface area contributed by atoms with Crippen molar-refractivity contribution in [1.82, 2.24) is 0 Å². The Morgan fingerprint density at radius 3 is 1.13 bits per heavy atom. The van der Waals surface area contributed by atoms with Crippen LogP contribution in [0.4, 0.5) is 26.3 Å². The minimum Gasteiger partial charge on any atom is 0 e. The summed E-state index contributed by atoms with van der Waals surface area (Å²) in [4.78, 5) is 34.7. The number of hydrogen-bond donors (Lipinski definition) is 3. The van der Waals surface area contributed by atoms with Gasteiger partial charge in [-0.25, -0.2) is 4.79 Å². The third-order valence-electron chi connectivity index (χ3n) is 17.5. The molecule has 0 saturated heterocycles. The fourth-order valence-electron chi connectivity index (χ4n) is 12.7. The van der Waals surface area contributed by atoms with Crippen LogP contribution in [0.15, 0.2) is 103 Å². The van der Waals surface area contributed by atoms with Gasteiger partial charge in [0.05, 0.1) is 0 Å². The van der Waals surface area contributed by atoms with Gasteiger partial charge < -0.3 is 24.8 Å². The van der Waals surface area contributed by atoms with Crippen LogP contribution in [0.3, 0.4) is 0 Å². The SMILES string of the molecule is CC.CC.CC.CC.CC.CC(=O)COc1c(C)c(C)c2c(c1C)C(O)(C(F)(F)F)c1ccccc1-2.Cc1c(C)c2c(c(C)c1OCC(=O)O)C(O)(C(F)(F)F)c1ccccc1-2.Cc1c(C)c2c(c(C)c1[O][PoH])C(=O)c1ccccc1-2.Cc1ccccc1-c1cc(C)c([O][PoH])c(C)c1C.[3HH]. The predicted molar refractivity (Wildman–Crippen MR) is 394 cm³/mol. The zero-order valence-electron chi connectivity index (χ0n) is 61.6. The molecule has 538 valence electrons. The number of hydrogen-bond acceptors (Lipinski definition) is 9. The molecule has 0 saturated carbocycles. The van der Waals surface area contributed by atoms with Crippen molar-refractivity contribution in [1.29, 1.82) is 0 Å². The Bertz CT molecular complexity index is 4070. The Balaban J connectivity index is 0.000000437. The maximum Gasteiger partial charge on any atom is 0 e. The normalized spacial score (nSPS) is 14.3. The smallest absolute Gasteiger partial charge is 0 e. The number of aliphatic hydroxyl groups is 2. The first-order chi connectivity index (χ1) is 46.7. The molecule has 0 spiro atoms. The van der Waals surface area contributed by atoms with E-state index in [9.17, 15) is 50.9 Å². The number of benzene rings is 8. The van der Waals surface area contributed by atoms with Gasteiger partial charge in [0, 0.05) is 23.7 Å². The standard InChI is InChI=1S/C20H19F3O3.C19H17F3O4.C16H14O2.C16H18O.5C2H6.2Po.H2.2H/c1-10(24)9-26-18-12(3)11(2)16-14-7-5-6-8-15(14)19(25,20(21,22)23)17(16)13(18)4;1-9-10(2)17(26-8-14(23)24)11(3)16-15(9)12-6-4-5-7-13(12)18(16,25)19(20,21)22;1-8-9(2)15(17)10(3)14-13(8)11-6-4-5-7-12(11)16(14)18;1-10-7-5-6-8-14(10)15-9-11(2)16(17)13(4)12(15)3;5*1-2;;;;;/h5-8,25H,9H2,1-4H3;4-7,25H,8H2,1-3H3,(H,23,24);4-7,17H,1-3H3;5-9,17H,1-4H3;5*1-2H3;;;1H;;/q;;;;;;;;;2*+1;;;/p-2/i;;;;;;;;;;;1+2;;. The zero-order valence-corrected chi connectivity index (χ0v) is 68.5. The number of ether oxygens (including phenoxy) is 2. The molecule has 0 aromatic heterocycles. The molecule has 0 heterocycles. The minimum atomic E-state index is -4.95. The maximum absolute atomic E-state index is 14.0. The van der Waals surface area contributed by atoms with Gasteiger partial charge >= 0.3 is 272 Å². The molecular weight excluding hydrogens is 1660 g/mol. The molecule has 3 aliphatic rings. The van der Waals surface area contributed by atoms with E-state index in [2.05, 4.69) is 71.9 Å². The van der Waals surface area contributed by atoms with E-state index in [1.54, 1.807) is 52.0 Å². The van der Waals surface area contributed by atoms with Crippen LogP contribution >= 0.6 is 0 Å². The van der Waals surface area contributed by atoms with Crippen LogP contribution in [-0.4, -0.2) is 109 Å². The first kappa shape index (κ1) is 86.3. The Morgan fingerprint density at radius 2 is 0.747 bits per heavy atom. The van der Waals surface area contributed by atoms with Crippen molar-refractivity contribution in [2.24, 2.45) is 0 Å². The number of carboxylic acids is 1. The molecule has 99 heavy (non-hydrogen) atoms. The Kier molecular flexibility index (Phi) is 31.9. The summed E-state index contributed by atoms with van der Waals surface area (Å²) in [5.74, 6) is 0.852. The number of aryl methyl sites for hydroxylation is 2. The fourth-order valence-corrected chi connectivity index (χ4v) is 14.9. The average Bonchev–Trinajstić information content (AvgIpc) is 1.54. The molecule has 18 heteroatoms. The van der Waals surface area contributed by atoms with E-state index in [4.69, 9.17) is 20.1 Å². The second-order valence-corrected chi connectivity index (χ2v) is 24.2. The van der Waals surface area contributed by atoms with Crippen LogP contribution in [0.1, 0.15) is 188 Å². The molecule has 2 unspecified atom stereocenters. The van der Waals surface area contributed by atoms with Crippen LogP contribution in [0.5, 0.6) is 23.0 Å². The van der Waals surface area contributed by atoms with Crippen LogP contribution in [0.2, 0.25) is 0 Å². The molecule has 0 aliphatic heterocycles. The Morgan fingerprint density at radius 1 is 0.404 bits per heavy atom. The summed E-state index contributed by atoms with van der Waals surface area (Å²) >= 11 is 1.78. The van der Waals surface area contributed by atoms with Crippen molar-refractivity contribution < 1.29 is 72.5 Å². The molecule has 8 aromatic rings. The molecule has 10 nitrogen and oxygen atoms in total. The van der Waals surface area contributed by atoms with Gasteiger partial charge in [-0.15, -0.1) is 0 Å². The number of carboxylic acid groups (broad SMARTS) is 1. The molecule has 8 aromatic carbocycles. The molecule has 3 N–H and O–H groups in total. The van der Waals surface area contributed by atoms with Crippen molar-refractivity contribution in [3.63, 3.8) is 0 Å². The summed E-state index contributed by atoms with van der Waals surface area (Å²) < 4.78 is 106. The molecular formula is C81H100F6O10Po2. The van der Waals surface area contributed by atoms with Crippen molar-refractivity contribution >= 4 is 68.6 Å². The predicted octanol–water partition coefficient (Wildman–Crippen LogP) is 20.4. The van der Waals surface area contributed by atoms with Gasteiger partial charge in [0.15, 0.2) is 12.4 Å². The molecule has 0 radical (unpaired) electrons. The number of ketones is 2. The van der Waals surface area contributed by atoms with Gasteiger partial charge in [-0.1, -0.05) is 118 Å². The van der Waals surface area contributed by atoms with E-state index in [1.807, 2.05) is 100 Å². The number of alkyl halides is 6. The number of carbonyl (C=O) groups is 3. The van der Waals surface area contributed by atoms with Crippen LogP contribution < -0.4 is 15.0 Å². The van der Waals surface area contributed by atoms with Crippen molar-refractivity contribution in [2.75, 3.05) is 13.2 Å². The summed E-state index contributed by atoms with van der Waals surface area (Å²) in [6, 6.07) is 30.5. The molecule has 11 rings (SSSR count). The van der Waals surface area contributed by atoms with Gasteiger partial charge in [0.25, 0.3) is 0 Å². The summed E-state index contributed by atoms with van der Waals surface area (Å²) in [5, 5.41) is 30.6. The summed E-state index contributed by atoms with van der Waals surface area (Å²) in [5.41, 5.74) is 11.6. The molecule has 3 aliphatic carbocycles. The van der Waals surface area contributed by atoms with Crippen LogP contribution in [-0.2, 0) is 20.8 Å². The van der Waals surface area contributed by atoms with Gasteiger partial charge in [-0.05, 0) is 104 Å². The monoisotopic (exact) mass is 1770 g/mol. The van der Waals surface area contributed by atoms with Crippen molar-refractivity contribution in [2.45, 2.75) is 190 Å². The van der Waals surface area contributed by atoms with E-state index in [0.29, 0.717) is 44.5 Å². The summed E-state index contributed by atoms with van der Waals surface area (Å²) in [6.45, 7) is 44.8. The minimum absolute atomic E-state index is 0. The van der Waals surface area contributed by atoms with Gasteiger partial charge in [-0.3, -0.25) is 4.79 Å². The van der Waals surface area contributed by atoms with E-state index in [0.717, 1.165) is 101 Å². The zero-order chi connectivity index (χ0) is 75.9. The van der Waals surface area contributed by atoms with Crippen LogP contribution in [0.25, 0.3) is 44.5 Å². The average molecular weight is 1770 g/mol. The van der Waals surface area contributed by atoms with Crippen LogP contribution in [0, 0.1) is 90.0 Å². The first-order valence-electron chi connectivity index (χ1n) is 33.3. The summed E-state index contributed by atoms with van der Waals surface area (Å²) in [6.07, 6.45) is -9.86. The van der Waals surface area contributed by atoms with E-state index in [1.165, 1.54) is 78.4 Å². The topological polar surface area (TPSA) is 149 Å². The third-order valence-corrected chi connectivity index (χ3v) is 18.9. The first-order valence-corrected chi connectivity index (χ1v) is 36.1. The number of fused-ring (bicyclic) bond motifs is 9. The van der Waals surface area contributed by atoms with E-state index < -0.39 is 36.1 Å². The fraction of sp³-hybridized carbons (Fsp3) is 0.370. The van der Waals surface area contributed by atoms with Gasteiger partial charge in [0.1, 0.15) is 18.1 Å². The largest absolute Gasteiger partial charge is 0 e. The molecule has 0 fully saturated rings. The number of carbonyl (C=O) groups excluding carboxylic acids is 2. The number of halogens is 6. The van der Waals surface area contributed by atoms with Crippen molar-refractivity contribution in [3.05, 3.63) is 209 Å². The summed E-state index contributed by atoms with van der Waals surface area (Å²) in [7, 11) is 0. The number of Topliss-reactive ketones (excluding diaryl/α,β-unsaturated/α-hetero) is 1. The van der Waals surface area contributed by atoms with Crippen molar-refractivity contribution in [3.8, 4) is 67.5 Å². The van der Waals surface area contributed by atoms with Gasteiger partial charge in [0.2, 0.25) is 11.2 Å². The Hall–Kier alpha value is -6.94. The third kappa shape index (κ3) is 16.5. The maximum atomic E-state index is 14.0. The number of rotatable bonds is 9. The number of aliphatic carboxylic acids is 1. The second-order valence-electron chi connectivity index (χ2n) is 22.7. The molecule has 2 atom stereocenters. The van der Waals surface area contributed by atoms with E-state index >= 15 is 0 Å². The van der Waals surface area contributed by atoms with Gasteiger partial charge in [-0.2, -0.15) is 26.3 Å². The quantitative estimate of drug-likeness (QED) is 0.119.